The van der Waals surface area contributed by atoms with E-state index in [-0.39, 0.29) is 5.78 Å². The third-order valence-corrected chi connectivity index (χ3v) is 2.36. The molecule has 0 aromatic heterocycles. The highest BCUT2D eigenvalue weighted by atomic mass is 16.1. The van der Waals surface area contributed by atoms with Crippen molar-refractivity contribution in [2.75, 3.05) is 13.1 Å². The van der Waals surface area contributed by atoms with Crippen LogP contribution in [0.3, 0.4) is 0 Å². The molecule has 82 valence electrons. The van der Waals surface area contributed by atoms with Crippen LogP contribution in [0, 0.1) is 6.92 Å². The molecule has 0 saturated heterocycles. The standard InChI is InChI=1S/C13H19NO/c1-11-3-5-13(6-4-11)8-10-14-9-7-12(2)15/h3-6,14H,7-10H2,1-2H3. The van der Waals surface area contributed by atoms with Crippen molar-refractivity contribution in [2.24, 2.45) is 0 Å². The van der Waals surface area contributed by atoms with E-state index in [1.807, 2.05) is 0 Å². The molecule has 0 bridgehead atoms. The van der Waals surface area contributed by atoms with Crippen LogP contribution in [0.2, 0.25) is 0 Å². The Morgan fingerprint density at radius 2 is 1.87 bits per heavy atom. The molecule has 0 saturated carbocycles. The van der Waals surface area contributed by atoms with Crippen LogP contribution in [-0.2, 0) is 11.2 Å². The van der Waals surface area contributed by atoms with Crippen molar-refractivity contribution >= 4 is 5.78 Å². The van der Waals surface area contributed by atoms with E-state index in [1.54, 1.807) is 6.92 Å². The fourth-order valence-electron chi connectivity index (χ4n) is 1.38. The average molecular weight is 205 g/mol. The van der Waals surface area contributed by atoms with Crippen molar-refractivity contribution in [1.82, 2.24) is 5.32 Å². The van der Waals surface area contributed by atoms with E-state index in [1.165, 1.54) is 11.1 Å². The Labute approximate surface area is 91.7 Å². The molecule has 1 aromatic rings. The van der Waals surface area contributed by atoms with Crippen LogP contribution < -0.4 is 5.32 Å². The number of Topliss-reactive ketones (excluding diaryl/α,β-unsaturated/α-hetero) is 1. The highest BCUT2D eigenvalue weighted by molar-refractivity contribution is 5.75. The lowest BCUT2D eigenvalue weighted by Crippen LogP contribution is -2.20. The summed E-state index contributed by atoms with van der Waals surface area (Å²) in [6.45, 7) is 5.45. The maximum atomic E-state index is 10.7. The van der Waals surface area contributed by atoms with Crippen LogP contribution in [0.25, 0.3) is 0 Å². The van der Waals surface area contributed by atoms with Gasteiger partial charge in [0.1, 0.15) is 5.78 Å². The monoisotopic (exact) mass is 205 g/mol. The average Bonchev–Trinajstić information content (AvgIpc) is 2.20. The van der Waals surface area contributed by atoms with Gasteiger partial charge in [-0.15, -0.1) is 0 Å². The molecule has 0 atom stereocenters. The number of hydrogen-bond donors (Lipinski definition) is 1. The second-order valence-corrected chi connectivity index (χ2v) is 3.94. The van der Waals surface area contributed by atoms with E-state index in [4.69, 9.17) is 0 Å². The number of nitrogens with one attached hydrogen (secondary N) is 1. The quantitative estimate of drug-likeness (QED) is 0.721. The summed E-state index contributed by atoms with van der Waals surface area (Å²) in [7, 11) is 0. The first-order valence-electron chi connectivity index (χ1n) is 5.44. The van der Waals surface area contributed by atoms with Gasteiger partial charge in [0.05, 0.1) is 0 Å². The van der Waals surface area contributed by atoms with Crippen LogP contribution in [0.15, 0.2) is 24.3 Å². The van der Waals surface area contributed by atoms with Crippen molar-refractivity contribution in [2.45, 2.75) is 26.7 Å². The summed E-state index contributed by atoms with van der Waals surface area (Å²) < 4.78 is 0. The first-order chi connectivity index (χ1) is 7.18. The number of benzene rings is 1. The molecule has 0 unspecified atom stereocenters. The molecule has 0 heterocycles. The zero-order valence-electron chi connectivity index (χ0n) is 9.55. The van der Waals surface area contributed by atoms with Crippen molar-refractivity contribution in [3.8, 4) is 0 Å². The molecule has 0 amide bonds. The normalized spacial score (nSPS) is 10.3. The van der Waals surface area contributed by atoms with E-state index >= 15 is 0 Å². The summed E-state index contributed by atoms with van der Waals surface area (Å²) in [5, 5.41) is 3.26. The number of carbonyl (C=O) groups excluding carboxylic acids is 1. The topological polar surface area (TPSA) is 29.1 Å². The number of carbonyl (C=O) groups is 1. The minimum absolute atomic E-state index is 0.248. The molecule has 0 aliphatic heterocycles. The minimum atomic E-state index is 0.248. The number of aryl methyl sites for hydroxylation is 1. The summed E-state index contributed by atoms with van der Waals surface area (Å²) in [6, 6.07) is 8.57. The van der Waals surface area contributed by atoms with Gasteiger partial charge in [0.2, 0.25) is 0 Å². The molecule has 0 radical (unpaired) electrons. The summed E-state index contributed by atoms with van der Waals surface area (Å²) in [6.07, 6.45) is 1.66. The van der Waals surface area contributed by atoms with Gasteiger partial charge in [-0.3, -0.25) is 4.79 Å². The molecule has 2 heteroatoms. The lowest BCUT2D eigenvalue weighted by atomic mass is 10.1. The lowest BCUT2D eigenvalue weighted by Gasteiger charge is -2.03. The van der Waals surface area contributed by atoms with Crippen molar-refractivity contribution < 1.29 is 4.79 Å². The molecule has 0 aliphatic rings. The van der Waals surface area contributed by atoms with Crippen molar-refractivity contribution in [3.63, 3.8) is 0 Å². The molecule has 1 rings (SSSR count). The van der Waals surface area contributed by atoms with E-state index in [9.17, 15) is 4.79 Å². The van der Waals surface area contributed by atoms with Gasteiger partial charge >= 0.3 is 0 Å². The Morgan fingerprint density at radius 1 is 1.20 bits per heavy atom. The van der Waals surface area contributed by atoms with E-state index in [0.29, 0.717) is 6.42 Å². The SMILES string of the molecule is CC(=O)CCNCCc1ccc(C)cc1. The third-order valence-electron chi connectivity index (χ3n) is 2.36. The first-order valence-corrected chi connectivity index (χ1v) is 5.44. The zero-order chi connectivity index (χ0) is 11.1. The van der Waals surface area contributed by atoms with Crippen LogP contribution in [0.4, 0.5) is 0 Å². The maximum absolute atomic E-state index is 10.7. The summed E-state index contributed by atoms with van der Waals surface area (Å²) in [4.78, 5) is 10.7. The Kier molecular flexibility index (Phi) is 5.05. The predicted octanol–water partition coefficient (Wildman–Crippen LogP) is 2.11. The fraction of sp³-hybridized carbons (Fsp3) is 0.462. The van der Waals surface area contributed by atoms with Crippen molar-refractivity contribution in [3.05, 3.63) is 35.4 Å². The van der Waals surface area contributed by atoms with Crippen LogP contribution in [-0.4, -0.2) is 18.9 Å². The number of rotatable bonds is 6. The molecular weight excluding hydrogens is 186 g/mol. The number of hydrogen-bond acceptors (Lipinski definition) is 2. The molecule has 1 N–H and O–H groups in total. The van der Waals surface area contributed by atoms with Crippen LogP contribution in [0.5, 0.6) is 0 Å². The van der Waals surface area contributed by atoms with Gasteiger partial charge in [-0.25, -0.2) is 0 Å². The molecule has 0 fully saturated rings. The Morgan fingerprint density at radius 3 is 2.47 bits per heavy atom. The molecule has 1 aromatic carbocycles. The fourth-order valence-corrected chi connectivity index (χ4v) is 1.38. The predicted molar refractivity (Wildman–Crippen MR) is 63.1 cm³/mol. The molecule has 2 nitrogen and oxygen atoms in total. The highest BCUT2D eigenvalue weighted by Gasteiger charge is 1.94. The highest BCUT2D eigenvalue weighted by Crippen LogP contribution is 2.02. The second kappa shape index (κ2) is 6.36. The zero-order valence-corrected chi connectivity index (χ0v) is 9.55. The largest absolute Gasteiger partial charge is 0.316 e. The van der Waals surface area contributed by atoms with Gasteiger partial charge in [0.25, 0.3) is 0 Å². The molecule has 0 aliphatic carbocycles. The van der Waals surface area contributed by atoms with E-state index in [0.717, 1.165) is 19.5 Å². The molecular formula is C13H19NO. The minimum Gasteiger partial charge on any atom is -0.316 e. The van der Waals surface area contributed by atoms with Gasteiger partial charge in [0, 0.05) is 13.0 Å². The maximum Gasteiger partial charge on any atom is 0.131 e. The third kappa shape index (κ3) is 5.33. The smallest absolute Gasteiger partial charge is 0.131 e. The first kappa shape index (κ1) is 11.9. The summed E-state index contributed by atoms with van der Waals surface area (Å²) >= 11 is 0. The van der Waals surface area contributed by atoms with E-state index in [2.05, 4.69) is 36.5 Å². The summed E-state index contributed by atoms with van der Waals surface area (Å²) in [5.41, 5.74) is 2.64. The second-order valence-electron chi connectivity index (χ2n) is 3.94. The Balaban J connectivity index is 2.15. The van der Waals surface area contributed by atoms with Crippen LogP contribution in [0.1, 0.15) is 24.5 Å². The lowest BCUT2D eigenvalue weighted by molar-refractivity contribution is -0.116. The Bertz CT molecular complexity index is 303. The molecule has 0 spiro atoms. The number of ketones is 1. The van der Waals surface area contributed by atoms with Gasteiger partial charge in [0.15, 0.2) is 0 Å². The van der Waals surface area contributed by atoms with Gasteiger partial charge < -0.3 is 5.32 Å². The van der Waals surface area contributed by atoms with Gasteiger partial charge in [-0.2, -0.15) is 0 Å². The van der Waals surface area contributed by atoms with E-state index < -0.39 is 0 Å². The Hall–Kier alpha value is -1.15. The molecule has 15 heavy (non-hydrogen) atoms. The van der Waals surface area contributed by atoms with Crippen molar-refractivity contribution in [1.29, 1.82) is 0 Å². The van der Waals surface area contributed by atoms with Gasteiger partial charge in [-0.1, -0.05) is 29.8 Å². The van der Waals surface area contributed by atoms with Crippen LogP contribution >= 0.6 is 0 Å². The summed E-state index contributed by atoms with van der Waals surface area (Å²) in [5.74, 6) is 0.248. The van der Waals surface area contributed by atoms with Gasteiger partial charge in [-0.05, 0) is 32.4 Å².